The van der Waals surface area contributed by atoms with Gasteiger partial charge < -0.3 is 14.6 Å². The number of nitrogens with one attached hydrogen (secondary N) is 1. The normalized spacial score (nSPS) is 16.1. The maximum absolute atomic E-state index is 13.6. The molecule has 6 nitrogen and oxygen atoms in total. The van der Waals surface area contributed by atoms with Gasteiger partial charge in [0, 0.05) is 42.9 Å². The number of aryl methyl sites for hydroxylation is 2. The molecule has 3 heterocycles. The molecule has 1 N–H and O–H groups in total. The van der Waals surface area contributed by atoms with Gasteiger partial charge in [0.05, 0.1) is 0 Å². The van der Waals surface area contributed by atoms with Gasteiger partial charge in [0.25, 0.3) is 5.91 Å². The highest BCUT2D eigenvalue weighted by molar-refractivity contribution is 6.01. The molecule has 0 unspecified atom stereocenters. The highest BCUT2D eigenvalue weighted by Gasteiger charge is 2.35. The van der Waals surface area contributed by atoms with Crippen LogP contribution in [0.4, 0.5) is 0 Å². The third-order valence-corrected chi connectivity index (χ3v) is 6.25. The van der Waals surface area contributed by atoms with E-state index in [-0.39, 0.29) is 11.8 Å². The summed E-state index contributed by atoms with van der Waals surface area (Å²) < 4.78 is 5.95. The zero-order valence-corrected chi connectivity index (χ0v) is 18.7. The summed E-state index contributed by atoms with van der Waals surface area (Å²) in [5, 5.41) is 3.84. The maximum Gasteiger partial charge on any atom is 0.290 e. The average molecular weight is 440 g/mol. The molecule has 4 aromatic rings. The lowest BCUT2D eigenvalue weighted by molar-refractivity contribution is -0.127. The van der Waals surface area contributed by atoms with E-state index in [0.29, 0.717) is 30.9 Å². The van der Waals surface area contributed by atoms with Crippen molar-refractivity contribution in [3.8, 4) is 11.1 Å². The van der Waals surface area contributed by atoms with E-state index in [1.54, 1.807) is 17.3 Å². The summed E-state index contributed by atoms with van der Waals surface area (Å²) in [7, 11) is 0. The van der Waals surface area contributed by atoms with Crippen molar-refractivity contribution in [1.82, 2.24) is 15.2 Å². The summed E-state index contributed by atoms with van der Waals surface area (Å²) in [6, 6.07) is 17.2. The Morgan fingerprint density at radius 1 is 1.09 bits per heavy atom. The Balaban J connectivity index is 1.45. The summed E-state index contributed by atoms with van der Waals surface area (Å²) in [5.74, 6) is -0.0825. The lowest BCUT2D eigenvalue weighted by Crippen LogP contribution is -2.58. The van der Waals surface area contributed by atoms with E-state index in [9.17, 15) is 9.59 Å². The Hall–Kier alpha value is -3.93. The number of furan rings is 1. The minimum Gasteiger partial charge on any atom is -0.451 e. The molecule has 166 valence electrons. The Morgan fingerprint density at radius 3 is 2.73 bits per heavy atom. The molecular weight excluding hydrogens is 414 g/mol. The molecule has 1 atom stereocenters. The van der Waals surface area contributed by atoms with Crippen LogP contribution in [0.3, 0.4) is 0 Å². The van der Waals surface area contributed by atoms with Crippen LogP contribution in [0.15, 0.2) is 71.4 Å². The van der Waals surface area contributed by atoms with Crippen LogP contribution >= 0.6 is 0 Å². The minimum atomic E-state index is -0.603. The fourth-order valence-electron chi connectivity index (χ4n) is 4.48. The summed E-state index contributed by atoms with van der Waals surface area (Å²) in [6.45, 7) is 4.78. The largest absolute Gasteiger partial charge is 0.451 e. The van der Waals surface area contributed by atoms with Gasteiger partial charge in [-0.1, -0.05) is 35.9 Å². The second-order valence-electron chi connectivity index (χ2n) is 8.50. The number of amides is 2. The van der Waals surface area contributed by atoms with Crippen molar-refractivity contribution in [2.75, 3.05) is 13.1 Å². The minimum absolute atomic E-state index is 0.145. The van der Waals surface area contributed by atoms with Crippen molar-refractivity contribution < 1.29 is 14.0 Å². The van der Waals surface area contributed by atoms with Crippen LogP contribution in [0.25, 0.3) is 22.1 Å². The first kappa shape index (κ1) is 20.9. The molecule has 1 aliphatic rings. The molecule has 1 fully saturated rings. The van der Waals surface area contributed by atoms with Crippen LogP contribution in [-0.2, 0) is 11.2 Å². The van der Waals surface area contributed by atoms with Gasteiger partial charge in [-0.3, -0.25) is 14.6 Å². The number of aromatic nitrogens is 1. The van der Waals surface area contributed by atoms with E-state index in [4.69, 9.17) is 4.42 Å². The van der Waals surface area contributed by atoms with Crippen molar-refractivity contribution in [3.63, 3.8) is 0 Å². The number of carbonyl (C=O) groups excluding carboxylic acids is 2. The van der Waals surface area contributed by atoms with Gasteiger partial charge in [-0.05, 0) is 54.8 Å². The lowest BCUT2D eigenvalue weighted by atomic mass is 9.97. The third-order valence-electron chi connectivity index (χ3n) is 6.25. The van der Waals surface area contributed by atoms with Gasteiger partial charge in [0.1, 0.15) is 11.6 Å². The molecule has 6 heteroatoms. The van der Waals surface area contributed by atoms with Crippen LogP contribution in [0.1, 0.15) is 27.2 Å². The quantitative estimate of drug-likeness (QED) is 0.515. The molecule has 0 saturated carbocycles. The first-order valence-electron chi connectivity index (χ1n) is 11.1. The van der Waals surface area contributed by atoms with E-state index in [2.05, 4.69) is 16.4 Å². The van der Waals surface area contributed by atoms with Gasteiger partial charge in [-0.15, -0.1) is 0 Å². The molecule has 1 aliphatic heterocycles. The topological polar surface area (TPSA) is 75.4 Å². The van der Waals surface area contributed by atoms with E-state index >= 15 is 0 Å². The van der Waals surface area contributed by atoms with Crippen LogP contribution in [0.2, 0.25) is 0 Å². The molecule has 5 rings (SSSR count). The number of hydrogen-bond acceptors (Lipinski definition) is 4. The highest BCUT2D eigenvalue weighted by atomic mass is 16.3. The summed E-state index contributed by atoms with van der Waals surface area (Å²) in [4.78, 5) is 32.1. The van der Waals surface area contributed by atoms with Crippen LogP contribution in [-0.4, -0.2) is 40.8 Å². The van der Waals surface area contributed by atoms with E-state index in [1.807, 2.05) is 62.4 Å². The van der Waals surface area contributed by atoms with E-state index in [1.165, 1.54) is 0 Å². The van der Waals surface area contributed by atoms with E-state index < -0.39 is 6.04 Å². The van der Waals surface area contributed by atoms with Gasteiger partial charge in [-0.2, -0.15) is 0 Å². The molecule has 1 saturated heterocycles. The Kier molecular flexibility index (Phi) is 5.42. The van der Waals surface area contributed by atoms with Gasteiger partial charge >= 0.3 is 0 Å². The van der Waals surface area contributed by atoms with Crippen molar-refractivity contribution in [3.05, 3.63) is 89.4 Å². The first-order chi connectivity index (χ1) is 16.0. The van der Waals surface area contributed by atoms with Crippen LogP contribution in [0, 0.1) is 13.8 Å². The van der Waals surface area contributed by atoms with Crippen molar-refractivity contribution >= 4 is 22.8 Å². The molecule has 2 aromatic carbocycles. The number of carbonyl (C=O) groups is 2. The highest BCUT2D eigenvalue weighted by Crippen LogP contribution is 2.28. The molecular formula is C27H25N3O3. The monoisotopic (exact) mass is 439 g/mol. The van der Waals surface area contributed by atoms with Crippen molar-refractivity contribution in [1.29, 1.82) is 0 Å². The molecule has 0 aliphatic carbocycles. The molecule has 0 bridgehead atoms. The number of piperazine rings is 1. The number of hydrogen-bond donors (Lipinski definition) is 1. The predicted molar refractivity (Wildman–Crippen MR) is 127 cm³/mol. The fraction of sp³-hybridized carbons (Fsp3) is 0.222. The predicted octanol–water partition coefficient (Wildman–Crippen LogP) is 4.29. The summed E-state index contributed by atoms with van der Waals surface area (Å²) >= 11 is 0. The second kappa shape index (κ2) is 8.54. The number of rotatable bonds is 4. The van der Waals surface area contributed by atoms with E-state index in [0.717, 1.165) is 33.2 Å². The second-order valence-corrected chi connectivity index (χ2v) is 8.50. The summed E-state index contributed by atoms with van der Waals surface area (Å²) in [5.41, 5.74) is 5.69. The molecule has 0 spiro atoms. The van der Waals surface area contributed by atoms with Gasteiger partial charge in [0.2, 0.25) is 5.91 Å². The van der Waals surface area contributed by atoms with Crippen molar-refractivity contribution in [2.24, 2.45) is 0 Å². The zero-order valence-electron chi connectivity index (χ0n) is 18.7. The number of fused-ring (bicyclic) bond motifs is 1. The van der Waals surface area contributed by atoms with Crippen LogP contribution < -0.4 is 5.32 Å². The fourth-order valence-corrected chi connectivity index (χ4v) is 4.48. The van der Waals surface area contributed by atoms with Crippen molar-refractivity contribution in [2.45, 2.75) is 26.3 Å². The SMILES string of the molecule is Cc1ccc2oc(C(=O)N3CCNC(=O)[C@H]3Cc3cccc(-c4ccncc4)c3)c(C)c2c1. The number of nitrogens with zero attached hydrogens (tertiary/aromatic N) is 2. The molecule has 2 amide bonds. The Bertz CT molecular complexity index is 1340. The number of pyridine rings is 1. The standard InChI is InChI=1S/C27H25N3O3/c1-17-6-7-24-22(14-17)18(2)25(33-24)27(32)30-13-12-29-26(31)23(30)16-19-4-3-5-21(15-19)20-8-10-28-11-9-20/h3-11,14-15,23H,12-13,16H2,1-2H3,(H,29,31)/t23-/m1/s1. The summed E-state index contributed by atoms with van der Waals surface area (Å²) in [6.07, 6.45) is 3.94. The Labute approximate surface area is 192 Å². The molecule has 33 heavy (non-hydrogen) atoms. The first-order valence-corrected chi connectivity index (χ1v) is 11.1. The lowest BCUT2D eigenvalue weighted by Gasteiger charge is -2.34. The third kappa shape index (κ3) is 4.00. The molecule has 0 radical (unpaired) electrons. The van der Waals surface area contributed by atoms with Gasteiger partial charge in [0.15, 0.2) is 5.76 Å². The maximum atomic E-state index is 13.6. The Morgan fingerprint density at radius 2 is 1.91 bits per heavy atom. The van der Waals surface area contributed by atoms with Crippen LogP contribution in [0.5, 0.6) is 0 Å². The average Bonchev–Trinajstić information content (AvgIpc) is 3.16. The van der Waals surface area contributed by atoms with Gasteiger partial charge in [-0.25, -0.2) is 0 Å². The number of benzene rings is 2. The zero-order chi connectivity index (χ0) is 22.9. The smallest absolute Gasteiger partial charge is 0.290 e. The molecule has 2 aromatic heterocycles.